The average molecular weight is 441 g/mol. The Kier molecular flexibility index (Phi) is 5.54. The van der Waals surface area contributed by atoms with E-state index in [1.165, 1.54) is 0 Å². The van der Waals surface area contributed by atoms with Crippen LogP contribution in [0.15, 0.2) is 18.2 Å². The molecule has 170 valence electrons. The molecule has 1 aromatic rings. The van der Waals surface area contributed by atoms with Gasteiger partial charge in [0.2, 0.25) is 11.8 Å². The van der Waals surface area contributed by atoms with Crippen molar-refractivity contribution in [3.8, 4) is 0 Å². The van der Waals surface area contributed by atoms with Crippen molar-refractivity contribution in [2.24, 2.45) is 0 Å². The molecule has 10 heteroatoms. The van der Waals surface area contributed by atoms with Gasteiger partial charge >= 0.3 is 0 Å². The van der Waals surface area contributed by atoms with Crippen molar-refractivity contribution in [3.63, 3.8) is 0 Å². The number of imide groups is 2. The molecule has 10 nitrogen and oxygen atoms in total. The highest BCUT2D eigenvalue weighted by Crippen LogP contribution is 2.30. The minimum absolute atomic E-state index is 0.0430. The molecule has 0 radical (unpaired) electrons. The lowest BCUT2D eigenvalue weighted by molar-refractivity contribution is -0.141. The number of nitrogens with zero attached hydrogens (tertiary/aromatic N) is 2. The predicted octanol–water partition coefficient (Wildman–Crippen LogP) is -1.15. The van der Waals surface area contributed by atoms with Gasteiger partial charge in [-0.05, 0) is 18.1 Å². The average Bonchev–Trinajstić information content (AvgIpc) is 3.02. The summed E-state index contributed by atoms with van der Waals surface area (Å²) in [5.41, 5.74) is 1.34. The second kappa shape index (κ2) is 8.36. The highest BCUT2D eigenvalue weighted by molar-refractivity contribution is 6.24. The molecule has 0 bridgehead atoms. The number of ether oxygens (including phenoxy) is 1. The summed E-state index contributed by atoms with van der Waals surface area (Å²) in [6.07, 6.45) is 0.255. The second-order valence-electron chi connectivity index (χ2n) is 8.84. The third-order valence-corrected chi connectivity index (χ3v) is 6.85. The standard InChI is InChI=1S/C22H27N5O5/c28-17-5-4-16(19(29)25-17)27-20(30)15-3-1-2-14(18(15)21(27)31)10-24-11-22(12-32-13-22)26-8-6-23-7-9-26/h1-3,16,23-24H,4-13H2,(H,25,28,29). The predicted molar refractivity (Wildman–Crippen MR) is 113 cm³/mol. The Morgan fingerprint density at radius 3 is 2.56 bits per heavy atom. The van der Waals surface area contributed by atoms with Crippen LogP contribution in [-0.4, -0.2) is 90.9 Å². The molecule has 0 aromatic heterocycles. The number of carbonyl (C=O) groups excluding carboxylic acids is 4. The van der Waals surface area contributed by atoms with E-state index in [9.17, 15) is 19.2 Å². The van der Waals surface area contributed by atoms with E-state index in [1.54, 1.807) is 12.1 Å². The monoisotopic (exact) mass is 441 g/mol. The van der Waals surface area contributed by atoms with Gasteiger partial charge in [-0.15, -0.1) is 0 Å². The molecule has 32 heavy (non-hydrogen) atoms. The number of rotatable bonds is 6. The van der Waals surface area contributed by atoms with Crippen LogP contribution >= 0.6 is 0 Å². The largest absolute Gasteiger partial charge is 0.377 e. The van der Waals surface area contributed by atoms with Crippen LogP contribution in [-0.2, 0) is 20.9 Å². The van der Waals surface area contributed by atoms with Crippen LogP contribution in [0.5, 0.6) is 0 Å². The fourth-order valence-electron chi connectivity index (χ4n) is 5.04. The molecule has 1 atom stereocenters. The first-order chi connectivity index (χ1) is 15.5. The van der Waals surface area contributed by atoms with Gasteiger partial charge in [0, 0.05) is 45.7 Å². The van der Waals surface area contributed by atoms with E-state index in [-0.39, 0.29) is 24.3 Å². The van der Waals surface area contributed by atoms with Gasteiger partial charge < -0.3 is 15.4 Å². The van der Waals surface area contributed by atoms with Gasteiger partial charge in [-0.3, -0.25) is 34.3 Å². The van der Waals surface area contributed by atoms with Crippen molar-refractivity contribution < 1.29 is 23.9 Å². The summed E-state index contributed by atoms with van der Waals surface area (Å²) >= 11 is 0. The van der Waals surface area contributed by atoms with E-state index in [0.717, 1.165) is 43.2 Å². The molecule has 4 heterocycles. The van der Waals surface area contributed by atoms with Crippen molar-refractivity contribution in [3.05, 3.63) is 34.9 Å². The molecule has 0 spiro atoms. The minimum atomic E-state index is -0.955. The normalized spacial score (nSPS) is 25.5. The van der Waals surface area contributed by atoms with E-state index in [4.69, 9.17) is 4.74 Å². The van der Waals surface area contributed by atoms with Gasteiger partial charge in [0.25, 0.3) is 11.8 Å². The van der Waals surface area contributed by atoms with Gasteiger partial charge in [0.15, 0.2) is 0 Å². The van der Waals surface area contributed by atoms with Gasteiger partial charge in [-0.25, -0.2) is 0 Å². The molecule has 1 unspecified atom stereocenters. The summed E-state index contributed by atoms with van der Waals surface area (Å²) in [5, 5.41) is 9.06. The third-order valence-electron chi connectivity index (χ3n) is 6.85. The Balaban J connectivity index is 1.30. The number of fused-ring (bicyclic) bond motifs is 1. The van der Waals surface area contributed by atoms with Crippen molar-refractivity contribution in [2.75, 3.05) is 45.9 Å². The van der Waals surface area contributed by atoms with Crippen molar-refractivity contribution in [1.29, 1.82) is 0 Å². The van der Waals surface area contributed by atoms with E-state index in [0.29, 0.717) is 30.9 Å². The molecule has 5 rings (SSSR count). The molecular weight excluding hydrogens is 414 g/mol. The van der Waals surface area contributed by atoms with Crippen molar-refractivity contribution >= 4 is 23.6 Å². The summed E-state index contributed by atoms with van der Waals surface area (Å²) in [5.74, 6) is -1.93. The minimum Gasteiger partial charge on any atom is -0.377 e. The lowest BCUT2D eigenvalue weighted by atomic mass is 9.93. The zero-order valence-corrected chi connectivity index (χ0v) is 17.8. The Hall–Kier alpha value is -2.66. The molecule has 0 aliphatic carbocycles. The van der Waals surface area contributed by atoms with E-state index in [2.05, 4.69) is 20.9 Å². The molecule has 3 fully saturated rings. The highest BCUT2D eigenvalue weighted by Gasteiger charge is 2.46. The van der Waals surface area contributed by atoms with Crippen LogP contribution in [0, 0.1) is 0 Å². The SMILES string of the molecule is O=C1CCC(N2C(=O)c3cccc(CNCC4(N5CCNCC5)COC4)c3C2=O)C(=O)N1. The topological polar surface area (TPSA) is 120 Å². The molecular formula is C22H27N5O5. The second-order valence-corrected chi connectivity index (χ2v) is 8.84. The van der Waals surface area contributed by atoms with E-state index < -0.39 is 23.8 Å². The maximum atomic E-state index is 13.2. The fraction of sp³-hybridized carbons (Fsp3) is 0.545. The summed E-state index contributed by atoms with van der Waals surface area (Å²) < 4.78 is 5.53. The first-order valence-electron chi connectivity index (χ1n) is 11.1. The number of piperazine rings is 1. The number of amides is 4. The first kappa shape index (κ1) is 21.2. The van der Waals surface area contributed by atoms with Crippen molar-refractivity contribution in [1.82, 2.24) is 25.8 Å². The Morgan fingerprint density at radius 1 is 1.09 bits per heavy atom. The molecule has 1 aromatic carbocycles. The third kappa shape index (κ3) is 3.53. The maximum Gasteiger partial charge on any atom is 0.262 e. The smallest absolute Gasteiger partial charge is 0.262 e. The molecule has 3 N–H and O–H groups in total. The molecule has 4 aliphatic heterocycles. The quantitative estimate of drug-likeness (QED) is 0.474. The van der Waals surface area contributed by atoms with Crippen LogP contribution in [0.1, 0.15) is 39.1 Å². The summed E-state index contributed by atoms with van der Waals surface area (Å²) in [6.45, 7) is 6.36. The molecule has 0 saturated carbocycles. The number of piperidine rings is 1. The van der Waals surface area contributed by atoms with E-state index in [1.807, 2.05) is 6.07 Å². The zero-order chi connectivity index (χ0) is 22.3. The number of carbonyl (C=O) groups is 4. The zero-order valence-electron chi connectivity index (χ0n) is 17.8. The van der Waals surface area contributed by atoms with Crippen LogP contribution in [0.3, 0.4) is 0 Å². The van der Waals surface area contributed by atoms with Gasteiger partial charge in [0.1, 0.15) is 6.04 Å². The van der Waals surface area contributed by atoms with Gasteiger partial charge in [0.05, 0.1) is 29.9 Å². The number of hydrogen-bond acceptors (Lipinski definition) is 8. The summed E-state index contributed by atoms with van der Waals surface area (Å²) in [6, 6.07) is 4.25. The molecule has 3 saturated heterocycles. The Labute approximate surface area is 185 Å². The number of hydrogen-bond donors (Lipinski definition) is 3. The number of benzene rings is 1. The summed E-state index contributed by atoms with van der Waals surface area (Å²) in [4.78, 5) is 53.4. The van der Waals surface area contributed by atoms with Crippen LogP contribution < -0.4 is 16.0 Å². The summed E-state index contributed by atoms with van der Waals surface area (Å²) in [7, 11) is 0. The fourth-order valence-corrected chi connectivity index (χ4v) is 5.04. The Morgan fingerprint density at radius 2 is 1.88 bits per heavy atom. The molecule has 4 aliphatic rings. The van der Waals surface area contributed by atoms with Crippen molar-refractivity contribution in [2.45, 2.75) is 31.0 Å². The van der Waals surface area contributed by atoms with Crippen LogP contribution in [0.25, 0.3) is 0 Å². The maximum absolute atomic E-state index is 13.2. The first-order valence-corrected chi connectivity index (χ1v) is 11.1. The lowest BCUT2D eigenvalue weighted by Gasteiger charge is -2.51. The Bertz CT molecular complexity index is 969. The van der Waals surface area contributed by atoms with Crippen LogP contribution in [0.4, 0.5) is 0 Å². The molecule has 4 amide bonds. The lowest BCUT2D eigenvalue weighted by Crippen LogP contribution is -2.69. The number of nitrogens with one attached hydrogen (secondary N) is 3. The van der Waals surface area contributed by atoms with Crippen LogP contribution in [0.2, 0.25) is 0 Å². The van der Waals surface area contributed by atoms with Gasteiger partial charge in [-0.1, -0.05) is 12.1 Å². The highest BCUT2D eigenvalue weighted by atomic mass is 16.5. The van der Waals surface area contributed by atoms with E-state index >= 15 is 0 Å². The van der Waals surface area contributed by atoms with Gasteiger partial charge in [-0.2, -0.15) is 0 Å².